The summed E-state index contributed by atoms with van der Waals surface area (Å²) in [6.07, 6.45) is 1.05. The second-order valence-electron chi connectivity index (χ2n) is 4.27. The molecule has 0 aliphatic rings. The fraction of sp³-hybridized carbons (Fsp3) is 0.333. The van der Waals surface area contributed by atoms with Crippen LogP contribution in [0.1, 0.15) is 19.8 Å². The molecule has 0 saturated carbocycles. The second-order valence-corrected chi connectivity index (χ2v) is 5.94. The van der Waals surface area contributed by atoms with E-state index in [9.17, 15) is 18.0 Å². The average Bonchev–Trinajstić information content (AvgIpc) is 2.41. The van der Waals surface area contributed by atoms with Gasteiger partial charge < -0.3 is 4.98 Å². The van der Waals surface area contributed by atoms with E-state index in [2.05, 4.69) is 9.27 Å². The van der Waals surface area contributed by atoms with Gasteiger partial charge in [-0.2, -0.15) is 8.42 Å². The number of benzene rings is 1. The van der Waals surface area contributed by atoms with E-state index >= 15 is 0 Å². The van der Waals surface area contributed by atoms with Crippen molar-refractivity contribution < 1.29 is 12.7 Å². The van der Waals surface area contributed by atoms with Crippen molar-refractivity contribution in [1.82, 2.24) is 9.71 Å². The second kappa shape index (κ2) is 5.49. The molecule has 8 heteroatoms. The lowest BCUT2D eigenvalue weighted by molar-refractivity contribution is 0.253. The number of aromatic nitrogens is 2. The van der Waals surface area contributed by atoms with Gasteiger partial charge in [0.05, 0.1) is 16.7 Å². The minimum absolute atomic E-state index is 0.179. The number of rotatable bonds is 5. The smallest absolute Gasteiger partial charge is 0.304 e. The summed E-state index contributed by atoms with van der Waals surface area (Å²) in [5, 5.41) is 0.179. The minimum atomic E-state index is -3.97. The Balaban J connectivity index is 2.51. The van der Waals surface area contributed by atoms with Gasteiger partial charge in [-0.1, -0.05) is 30.2 Å². The quantitative estimate of drug-likeness (QED) is 0.853. The Hall–Kier alpha value is -2.09. The molecule has 1 heterocycles. The average molecular weight is 298 g/mol. The molecule has 0 atom stereocenters. The van der Waals surface area contributed by atoms with E-state index in [1.807, 2.05) is 6.92 Å². The Morgan fingerprint density at radius 3 is 2.65 bits per heavy atom. The molecular formula is C12H14N2O5S. The van der Waals surface area contributed by atoms with Gasteiger partial charge in [0.2, 0.25) is 0 Å². The molecule has 0 aliphatic heterocycles. The fourth-order valence-electron chi connectivity index (χ4n) is 1.69. The van der Waals surface area contributed by atoms with Crippen molar-refractivity contribution in [2.45, 2.75) is 19.8 Å². The molecule has 7 nitrogen and oxygen atoms in total. The Bertz CT molecular complexity index is 835. The van der Waals surface area contributed by atoms with Gasteiger partial charge in [-0.05, 0) is 18.6 Å². The number of hydrogen-bond donors (Lipinski definition) is 1. The van der Waals surface area contributed by atoms with Crippen molar-refractivity contribution in [2.75, 3.05) is 5.75 Å². The van der Waals surface area contributed by atoms with Gasteiger partial charge in [0, 0.05) is 0 Å². The van der Waals surface area contributed by atoms with Crippen LogP contribution in [0.25, 0.3) is 10.9 Å². The van der Waals surface area contributed by atoms with Gasteiger partial charge in [-0.25, -0.2) is 4.79 Å². The Morgan fingerprint density at radius 1 is 1.25 bits per heavy atom. The van der Waals surface area contributed by atoms with Gasteiger partial charge in [0.25, 0.3) is 5.56 Å². The van der Waals surface area contributed by atoms with Crippen LogP contribution in [0.2, 0.25) is 0 Å². The van der Waals surface area contributed by atoms with E-state index in [0.29, 0.717) is 18.4 Å². The van der Waals surface area contributed by atoms with Crippen LogP contribution in [0.15, 0.2) is 33.9 Å². The molecule has 20 heavy (non-hydrogen) atoms. The van der Waals surface area contributed by atoms with E-state index in [0.717, 1.165) is 0 Å². The van der Waals surface area contributed by atoms with Crippen LogP contribution in [-0.2, 0) is 10.1 Å². The van der Waals surface area contributed by atoms with E-state index in [4.69, 9.17) is 0 Å². The van der Waals surface area contributed by atoms with Crippen LogP contribution in [0, 0.1) is 0 Å². The first-order valence-electron chi connectivity index (χ1n) is 6.11. The monoisotopic (exact) mass is 298 g/mol. The SMILES string of the molecule is CCCCS(=O)(=O)On1c(=O)[nH]c2ccccc2c1=O. The molecule has 2 aromatic rings. The first-order valence-corrected chi connectivity index (χ1v) is 7.69. The predicted molar refractivity (Wildman–Crippen MR) is 74.1 cm³/mol. The lowest BCUT2D eigenvalue weighted by atomic mass is 10.2. The predicted octanol–water partition coefficient (Wildman–Crippen LogP) is 0.248. The summed E-state index contributed by atoms with van der Waals surface area (Å²) >= 11 is 0. The third-order valence-corrected chi connectivity index (χ3v) is 3.87. The van der Waals surface area contributed by atoms with Gasteiger partial charge in [0.1, 0.15) is 0 Å². The molecule has 0 aliphatic carbocycles. The number of aromatic amines is 1. The van der Waals surface area contributed by atoms with E-state index in [-0.39, 0.29) is 15.9 Å². The standard InChI is InChI=1S/C12H14N2O5S/c1-2-3-8-20(17,18)19-14-11(15)9-6-4-5-7-10(9)13-12(14)16/h4-7H,2-3,8H2,1H3,(H,13,16). The third kappa shape index (κ3) is 2.90. The summed E-state index contributed by atoms with van der Waals surface area (Å²) < 4.78 is 28.2. The Kier molecular flexibility index (Phi) is 3.93. The molecule has 0 saturated heterocycles. The maximum absolute atomic E-state index is 12.1. The molecule has 108 valence electrons. The molecular weight excluding hydrogens is 284 g/mol. The zero-order valence-electron chi connectivity index (χ0n) is 10.8. The fourth-order valence-corrected chi connectivity index (χ4v) is 2.77. The van der Waals surface area contributed by atoms with Gasteiger partial charge >= 0.3 is 15.8 Å². The molecule has 0 fully saturated rings. The lowest BCUT2D eigenvalue weighted by Gasteiger charge is -2.07. The van der Waals surface area contributed by atoms with Crippen LogP contribution >= 0.6 is 0 Å². The molecule has 1 aromatic carbocycles. The van der Waals surface area contributed by atoms with Gasteiger partial charge in [-0.15, -0.1) is 0 Å². The number of fused-ring (bicyclic) bond motifs is 1. The van der Waals surface area contributed by atoms with Crippen molar-refractivity contribution in [3.63, 3.8) is 0 Å². The number of para-hydroxylation sites is 1. The highest BCUT2D eigenvalue weighted by Crippen LogP contribution is 2.03. The molecule has 1 aromatic heterocycles. The van der Waals surface area contributed by atoms with Crippen molar-refractivity contribution in [3.8, 4) is 0 Å². The number of nitrogens with zero attached hydrogens (tertiary/aromatic N) is 1. The van der Waals surface area contributed by atoms with Crippen molar-refractivity contribution in [2.24, 2.45) is 0 Å². The molecule has 0 amide bonds. The summed E-state index contributed by atoms with van der Waals surface area (Å²) in [7, 11) is -3.97. The van der Waals surface area contributed by atoms with Crippen LogP contribution in [0.5, 0.6) is 0 Å². The largest absolute Gasteiger partial charge is 0.363 e. The van der Waals surface area contributed by atoms with Crippen molar-refractivity contribution >= 4 is 21.0 Å². The molecule has 0 unspecified atom stereocenters. The molecule has 2 rings (SSSR count). The van der Waals surface area contributed by atoms with E-state index in [1.165, 1.54) is 6.07 Å². The molecule has 0 radical (unpaired) electrons. The Morgan fingerprint density at radius 2 is 1.95 bits per heavy atom. The zero-order valence-corrected chi connectivity index (χ0v) is 11.6. The van der Waals surface area contributed by atoms with Crippen molar-refractivity contribution in [3.05, 3.63) is 45.1 Å². The summed E-state index contributed by atoms with van der Waals surface area (Å²) in [5.74, 6) is -0.248. The summed E-state index contributed by atoms with van der Waals surface area (Å²) in [5.41, 5.74) is -1.40. The number of unbranched alkanes of at least 4 members (excludes halogenated alkanes) is 1. The van der Waals surface area contributed by atoms with Gasteiger partial charge in [0.15, 0.2) is 0 Å². The molecule has 0 bridgehead atoms. The lowest BCUT2D eigenvalue weighted by Crippen LogP contribution is -2.42. The van der Waals surface area contributed by atoms with Gasteiger partial charge in [-0.3, -0.25) is 9.08 Å². The van der Waals surface area contributed by atoms with Crippen LogP contribution < -0.4 is 15.5 Å². The van der Waals surface area contributed by atoms with E-state index in [1.54, 1.807) is 18.2 Å². The Labute approximate surface area is 114 Å². The maximum atomic E-state index is 12.1. The van der Waals surface area contributed by atoms with Crippen LogP contribution in [0.3, 0.4) is 0 Å². The third-order valence-electron chi connectivity index (χ3n) is 2.70. The van der Waals surface area contributed by atoms with E-state index < -0.39 is 21.4 Å². The molecule has 0 spiro atoms. The number of H-pyrrole nitrogens is 1. The summed E-state index contributed by atoms with van der Waals surface area (Å²) in [6.45, 7) is 1.82. The first kappa shape index (κ1) is 14.3. The highest BCUT2D eigenvalue weighted by Gasteiger charge is 2.16. The summed E-state index contributed by atoms with van der Waals surface area (Å²) in [4.78, 5) is 26.2. The highest BCUT2D eigenvalue weighted by molar-refractivity contribution is 7.86. The normalized spacial score (nSPS) is 11.7. The maximum Gasteiger partial charge on any atom is 0.363 e. The van der Waals surface area contributed by atoms with Crippen LogP contribution in [0.4, 0.5) is 0 Å². The minimum Gasteiger partial charge on any atom is -0.304 e. The number of nitrogens with one attached hydrogen (secondary N) is 1. The topological polar surface area (TPSA) is 98.2 Å². The highest BCUT2D eigenvalue weighted by atomic mass is 32.2. The first-order chi connectivity index (χ1) is 9.44. The van der Waals surface area contributed by atoms with Crippen LogP contribution in [-0.4, -0.2) is 23.9 Å². The molecule has 1 N–H and O–H groups in total. The zero-order chi connectivity index (χ0) is 14.8. The number of hydrogen-bond acceptors (Lipinski definition) is 5. The summed E-state index contributed by atoms with van der Waals surface area (Å²) in [6, 6.07) is 6.29. The van der Waals surface area contributed by atoms with Crippen molar-refractivity contribution in [1.29, 1.82) is 0 Å².